The molecule has 9 rings (SSSR count). The molecule has 2 bridgehead atoms. The second-order valence-corrected chi connectivity index (χ2v) is 15.9. The lowest BCUT2D eigenvalue weighted by molar-refractivity contribution is -0.326. The van der Waals surface area contributed by atoms with Gasteiger partial charge in [0.15, 0.2) is 18.7 Å². The van der Waals surface area contributed by atoms with Crippen molar-refractivity contribution in [2.45, 2.75) is 81.2 Å². The fourth-order valence-corrected chi connectivity index (χ4v) is 8.32. The van der Waals surface area contributed by atoms with Crippen molar-refractivity contribution in [3.63, 3.8) is 0 Å². The van der Waals surface area contributed by atoms with Gasteiger partial charge in [0, 0.05) is 4.91 Å². The highest BCUT2D eigenvalue weighted by atomic mass is 16.8. The molecule has 332 valence electrons. The van der Waals surface area contributed by atoms with E-state index in [0.717, 1.165) is 27.5 Å². The van der Waals surface area contributed by atoms with Crippen LogP contribution in [0.15, 0.2) is 169 Å². The molecule has 6 aromatic carbocycles. The van der Waals surface area contributed by atoms with Crippen molar-refractivity contribution in [3.05, 3.63) is 202 Å². The lowest BCUT2D eigenvalue weighted by atomic mass is 9.95. The Kier molecular flexibility index (Phi) is 14.2. The Labute approximate surface area is 375 Å². The molecule has 0 N–H and O–H groups in total. The molecule has 6 aromatic rings. The summed E-state index contributed by atoms with van der Waals surface area (Å²) in [5, 5.41) is 6.36. The number of fused-ring (bicyclic) bond motifs is 3. The van der Waals surface area contributed by atoms with E-state index in [9.17, 15) is 15.1 Å². The van der Waals surface area contributed by atoms with Gasteiger partial charge in [0.1, 0.15) is 49.3 Å². The average molecular weight is 878 g/mol. The maximum absolute atomic E-state index is 13.6. The van der Waals surface area contributed by atoms with Gasteiger partial charge >= 0.3 is 11.9 Å². The summed E-state index contributed by atoms with van der Waals surface area (Å²) in [4.78, 5) is 30.3. The van der Waals surface area contributed by atoms with Crippen LogP contribution in [0.1, 0.15) is 37.4 Å². The number of azide groups is 1. The molecule has 0 aromatic heterocycles. The Morgan fingerprint density at radius 2 is 1.15 bits per heavy atom. The number of rotatable bonds is 17. The summed E-state index contributed by atoms with van der Waals surface area (Å²) in [6.45, 7) is 0.129. The predicted octanol–water partition coefficient (Wildman–Crippen LogP) is 8.52. The molecule has 65 heavy (non-hydrogen) atoms. The topological polar surface area (TPSA) is 166 Å². The summed E-state index contributed by atoms with van der Waals surface area (Å²) in [6.07, 6.45) is -9.11. The van der Waals surface area contributed by atoms with E-state index in [2.05, 4.69) is 10.0 Å². The first-order chi connectivity index (χ1) is 32.0. The van der Waals surface area contributed by atoms with E-state index in [-0.39, 0.29) is 33.0 Å². The largest absolute Gasteiger partial charge is 0.459 e. The van der Waals surface area contributed by atoms with E-state index in [1.165, 1.54) is 0 Å². The second kappa shape index (κ2) is 21.0. The lowest BCUT2D eigenvalue weighted by Crippen LogP contribution is -2.64. The van der Waals surface area contributed by atoms with Gasteiger partial charge in [-0.25, -0.2) is 9.59 Å². The minimum absolute atomic E-state index is 0.0718. The first-order valence-electron chi connectivity index (χ1n) is 21.5. The Morgan fingerprint density at radius 3 is 1.82 bits per heavy atom. The molecule has 10 atom stereocenters. The SMILES string of the molecule is [N-]=[N+]=N[C@H]1[C@@H](O[C@H]2[C@H](OCc3ccccc3)[C@@H](OC(=O)c3ccccc3)[C@H]3OC[C@@H]2O3)O[C@H](COC(=O)c2ccccc2)[C@@H](OCc2ccc3ccccc3c2)[C@@H]1OCc1ccccc1. The maximum atomic E-state index is 13.6. The van der Waals surface area contributed by atoms with Crippen LogP contribution in [0.3, 0.4) is 0 Å². The standard InChI is InChI=1S/C51H47N3O11/c52-54-53-42-45(58-28-33-15-5-1-6-16-33)43(57-30-35-25-26-36-19-13-14-24-39(36)27-35)40(31-60-48(55)37-20-9-3-10-21-37)62-50(42)65-44-41-32-61-51(63-41)47(64-49(56)38-22-11-4-12-23-38)46(44)59-29-34-17-7-2-8-18-34/h1-27,40-47,50-51H,28-32H2/t40-,41+,42-,43-,44-,45-,46+,47-,50-,51+/m1/s1. The number of carbonyl (C=O) groups excluding carboxylic acids is 2. The molecular formula is C51H47N3O11. The molecule has 0 aliphatic carbocycles. The smallest absolute Gasteiger partial charge is 0.338 e. The van der Waals surface area contributed by atoms with E-state index in [0.29, 0.717) is 11.1 Å². The average Bonchev–Trinajstić information content (AvgIpc) is 3.80. The van der Waals surface area contributed by atoms with Gasteiger partial charge in [0.25, 0.3) is 0 Å². The number of ether oxygens (including phenoxy) is 9. The summed E-state index contributed by atoms with van der Waals surface area (Å²) in [7, 11) is 0. The third kappa shape index (κ3) is 10.6. The highest BCUT2D eigenvalue weighted by Crippen LogP contribution is 2.38. The number of hydrogen-bond acceptors (Lipinski definition) is 12. The maximum Gasteiger partial charge on any atom is 0.338 e. The monoisotopic (exact) mass is 877 g/mol. The van der Waals surface area contributed by atoms with E-state index in [1.807, 2.05) is 103 Å². The van der Waals surface area contributed by atoms with Crippen molar-refractivity contribution >= 4 is 22.7 Å². The predicted molar refractivity (Wildman–Crippen MR) is 236 cm³/mol. The summed E-state index contributed by atoms with van der Waals surface area (Å²) in [5.41, 5.74) is 13.4. The second-order valence-electron chi connectivity index (χ2n) is 15.9. The molecule has 0 amide bonds. The lowest BCUT2D eigenvalue weighted by Gasteiger charge is -2.47. The Hall–Kier alpha value is -6.45. The minimum atomic E-state index is -1.35. The van der Waals surface area contributed by atoms with Crippen LogP contribution < -0.4 is 0 Å². The molecule has 3 heterocycles. The minimum Gasteiger partial charge on any atom is -0.459 e. The first-order valence-corrected chi connectivity index (χ1v) is 21.5. The molecule has 3 aliphatic rings. The summed E-state index contributed by atoms with van der Waals surface area (Å²) < 4.78 is 58.2. The fraction of sp³-hybridized carbons (Fsp3) is 0.294. The molecule has 0 radical (unpaired) electrons. The summed E-state index contributed by atoms with van der Waals surface area (Å²) in [6, 6.07) is 49.1. The van der Waals surface area contributed by atoms with Gasteiger partial charge in [0.05, 0.1) is 37.6 Å². The van der Waals surface area contributed by atoms with E-state index in [1.54, 1.807) is 60.7 Å². The molecule has 0 spiro atoms. The molecule has 14 heteroatoms. The van der Waals surface area contributed by atoms with Gasteiger partial charge in [-0.1, -0.05) is 139 Å². The Balaban J connectivity index is 1.06. The van der Waals surface area contributed by atoms with Crippen LogP contribution >= 0.6 is 0 Å². The number of esters is 2. The highest BCUT2D eigenvalue weighted by Gasteiger charge is 2.57. The van der Waals surface area contributed by atoms with E-state index >= 15 is 0 Å². The van der Waals surface area contributed by atoms with Crippen molar-refractivity contribution in [1.29, 1.82) is 0 Å². The zero-order chi connectivity index (χ0) is 44.4. The molecule has 0 unspecified atom stereocenters. The van der Waals surface area contributed by atoms with Gasteiger partial charge in [-0.2, -0.15) is 0 Å². The van der Waals surface area contributed by atoms with Gasteiger partial charge in [0.2, 0.25) is 0 Å². The van der Waals surface area contributed by atoms with Crippen molar-refractivity contribution in [2.24, 2.45) is 5.11 Å². The zero-order valence-electron chi connectivity index (χ0n) is 35.2. The van der Waals surface area contributed by atoms with Gasteiger partial charge in [-0.05, 0) is 63.3 Å². The van der Waals surface area contributed by atoms with Crippen LogP contribution in [0.2, 0.25) is 0 Å². The van der Waals surface area contributed by atoms with Crippen LogP contribution in [0.4, 0.5) is 0 Å². The van der Waals surface area contributed by atoms with Crippen molar-refractivity contribution in [3.8, 4) is 0 Å². The number of benzene rings is 6. The van der Waals surface area contributed by atoms with E-state index < -0.39 is 73.3 Å². The van der Waals surface area contributed by atoms with Crippen LogP contribution in [-0.4, -0.2) is 86.5 Å². The molecular weight excluding hydrogens is 831 g/mol. The van der Waals surface area contributed by atoms with Crippen molar-refractivity contribution in [1.82, 2.24) is 0 Å². The number of hydrogen-bond donors (Lipinski definition) is 0. The van der Waals surface area contributed by atoms with Crippen molar-refractivity contribution in [2.75, 3.05) is 13.2 Å². The fourth-order valence-electron chi connectivity index (χ4n) is 8.32. The normalized spacial score (nSPS) is 25.9. The van der Waals surface area contributed by atoms with Crippen molar-refractivity contribution < 1.29 is 52.2 Å². The Morgan fingerprint density at radius 1 is 0.585 bits per heavy atom. The van der Waals surface area contributed by atoms with Crippen LogP contribution in [0, 0.1) is 0 Å². The quantitative estimate of drug-likeness (QED) is 0.0373. The number of nitrogens with zero attached hydrogens (tertiary/aromatic N) is 3. The third-order valence-electron chi connectivity index (χ3n) is 11.6. The van der Waals surface area contributed by atoms with Crippen LogP contribution in [0.5, 0.6) is 0 Å². The highest BCUT2D eigenvalue weighted by molar-refractivity contribution is 5.90. The first kappa shape index (κ1) is 43.8. The van der Waals surface area contributed by atoms with Gasteiger partial charge in [-0.15, -0.1) is 0 Å². The summed E-state index contributed by atoms with van der Waals surface area (Å²) >= 11 is 0. The molecule has 14 nitrogen and oxygen atoms in total. The molecule has 3 saturated heterocycles. The summed E-state index contributed by atoms with van der Waals surface area (Å²) in [5.74, 6) is -1.19. The molecule has 0 saturated carbocycles. The number of carbonyl (C=O) groups is 2. The third-order valence-corrected chi connectivity index (χ3v) is 11.6. The Bertz CT molecular complexity index is 2550. The van der Waals surface area contributed by atoms with Crippen LogP contribution in [0.25, 0.3) is 21.2 Å². The molecule has 3 aliphatic heterocycles. The van der Waals surface area contributed by atoms with E-state index in [4.69, 9.17) is 42.6 Å². The van der Waals surface area contributed by atoms with Gasteiger partial charge < -0.3 is 42.6 Å². The van der Waals surface area contributed by atoms with Gasteiger partial charge in [-0.3, -0.25) is 0 Å². The van der Waals surface area contributed by atoms with Crippen LogP contribution in [-0.2, 0) is 62.5 Å². The zero-order valence-corrected chi connectivity index (χ0v) is 35.2. The molecule has 3 fully saturated rings.